The van der Waals surface area contributed by atoms with E-state index < -0.39 is 0 Å². The largest absolute Gasteiger partial charge is 0.122 e. The van der Waals surface area contributed by atoms with Gasteiger partial charge in [-0.05, 0) is 19.1 Å². The Morgan fingerprint density at radius 2 is 2.08 bits per heavy atom. The van der Waals surface area contributed by atoms with Gasteiger partial charge in [-0.25, -0.2) is 0 Å². The van der Waals surface area contributed by atoms with Gasteiger partial charge in [0.15, 0.2) is 0 Å². The van der Waals surface area contributed by atoms with E-state index in [1.54, 1.807) is 11.8 Å². The zero-order chi connectivity index (χ0) is 8.81. The summed E-state index contributed by atoms with van der Waals surface area (Å²) in [5.74, 6) is 0.944. The standard InChI is InChI=1S/C10H11ClS/c1-9(11)7-8-12-10-5-3-2-4-6-10/h2-7H,8H2,1H3. The van der Waals surface area contributed by atoms with Crippen molar-refractivity contribution in [1.29, 1.82) is 0 Å². The molecule has 1 aromatic rings. The molecular weight excluding hydrogens is 188 g/mol. The SMILES string of the molecule is CC(Cl)=CCSc1ccccc1. The molecule has 64 valence electrons. The third kappa shape index (κ3) is 3.84. The van der Waals surface area contributed by atoms with Crippen LogP contribution in [0.15, 0.2) is 46.3 Å². The van der Waals surface area contributed by atoms with Gasteiger partial charge in [-0.15, -0.1) is 11.8 Å². The van der Waals surface area contributed by atoms with Crippen LogP contribution in [0.25, 0.3) is 0 Å². The summed E-state index contributed by atoms with van der Waals surface area (Å²) >= 11 is 7.48. The van der Waals surface area contributed by atoms with E-state index in [2.05, 4.69) is 12.1 Å². The average molecular weight is 199 g/mol. The highest BCUT2D eigenvalue weighted by molar-refractivity contribution is 7.99. The Hall–Kier alpha value is -0.400. The summed E-state index contributed by atoms with van der Waals surface area (Å²) in [4.78, 5) is 1.28. The number of hydrogen-bond acceptors (Lipinski definition) is 1. The summed E-state index contributed by atoms with van der Waals surface area (Å²) < 4.78 is 0. The molecule has 0 aliphatic heterocycles. The van der Waals surface area contributed by atoms with Crippen molar-refractivity contribution in [2.45, 2.75) is 11.8 Å². The van der Waals surface area contributed by atoms with Crippen LogP contribution in [0, 0.1) is 0 Å². The molecule has 0 spiro atoms. The normalized spacial score (nSPS) is 11.7. The van der Waals surface area contributed by atoms with Crippen molar-refractivity contribution in [2.75, 3.05) is 5.75 Å². The molecule has 0 saturated heterocycles. The zero-order valence-corrected chi connectivity index (χ0v) is 8.53. The van der Waals surface area contributed by atoms with Gasteiger partial charge in [-0.1, -0.05) is 35.9 Å². The lowest BCUT2D eigenvalue weighted by atomic mass is 10.4. The Labute approximate surface area is 82.6 Å². The Balaban J connectivity index is 2.39. The molecule has 12 heavy (non-hydrogen) atoms. The molecule has 0 heterocycles. The van der Waals surface area contributed by atoms with E-state index >= 15 is 0 Å². The minimum atomic E-state index is 0.860. The fourth-order valence-electron chi connectivity index (χ4n) is 0.769. The number of rotatable bonds is 3. The number of allylic oxidation sites excluding steroid dienone is 1. The monoisotopic (exact) mass is 198 g/mol. The van der Waals surface area contributed by atoms with Crippen molar-refractivity contribution in [2.24, 2.45) is 0 Å². The Kier molecular flexibility index (Phi) is 4.26. The Morgan fingerprint density at radius 1 is 1.42 bits per heavy atom. The maximum atomic E-state index is 5.69. The van der Waals surface area contributed by atoms with Gasteiger partial charge in [0.05, 0.1) is 0 Å². The molecule has 0 unspecified atom stereocenters. The second-order valence-electron chi connectivity index (χ2n) is 2.41. The van der Waals surface area contributed by atoms with Crippen LogP contribution in [0.1, 0.15) is 6.92 Å². The molecule has 0 N–H and O–H groups in total. The highest BCUT2D eigenvalue weighted by Crippen LogP contribution is 2.17. The lowest BCUT2D eigenvalue weighted by molar-refractivity contribution is 1.46. The van der Waals surface area contributed by atoms with Crippen molar-refractivity contribution in [3.8, 4) is 0 Å². The van der Waals surface area contributed by atoms with Gasteiger partial charge >= 0.3 is 0 Å². The zero-order valence-electron chi connectivity index (χ0n) is 6.96. The molecule has 2 heteroatoms. The number of benzene rings is 1. The molecule has 0 aliphatic carbocycles. The van der Waals surface area contributed by atoms with E-state index in [1.807, 2.05) is 31.2 Å². The predicted octanol–water partition coefficient (Wildman–Crippen LogP) is 3.92. The summed E-state index contributed by atoms with van der Waals surface area (Å²) in [6, 6.07) is 10.3. The van der Waals surface area contributed by atoms with E-state index in [0.717, 1.165) is 10.8 Å². The summed E-state index contributed by atoms with van der Waals surface area (Å²) in [5.41, 5.74) is 0. The van der Waals surface area contributed by atoms with Crippen LogP contribution in [0.2, 0.25) is 0 Å². The highest BCUT2D eigenvalue weighted by Gasteiger charge is 1.88. The van der Waals surface area contributed by atoms with Crippen LogP contribution < -0.4 is 0 Å². The first-order valence-corrected chi connectivity index (χ1v) is 5.15. The summed E-state index contributed by atoms with van der Waals surface area (Å²) in [7, 11) is 0. The first kappa shape index (κ1) is 9.69. The molecule has 0 amide bonds. The second kappa shape index (κ2) is 5.28. The molecule has 0 aromatic heterocycles. The smallest absolute Gasteiger partial charge is 0.0175 e. The van der Waals surface area contributed by atoms with Crippen LogP contribution in [0.4, 0.5) is 0 Å². The molecule has 1 rings (SSSR count). The first-order chi connectivity index (χ1) is 5.79. The van der Waals surface area contributed by atoms with Crippen LogP contribution in [-0.4, -0.2) is 5.75 Å². The molecule has 0 radical (unpaired) electrons. The Morgan fingerprint density at radius 3 is 2.67 bits per heavy atom. The van der Waals surface area contributed by atoms with Gasteiger partial charge in [0, 0.05) is 15.7 Å². The quantitative estimate of drug-likeness (QED) is 0.664. The van der Waals surface area contributed by atoms with Crippen molar-refractivity contribution in [3.63, 3.8) is 0 Å². The third-order valence-corrected chi connectivity index (χ3v) is 2.45. The lowest BCUT2D eigenvalue weighted by Gasteiger charge is -1.96. The predicted molar refractivity (Wildman–Crippen MR) is 56.8 cm³/mol. The summed E-state index contributed by atoms with van der Waals surface area (Å²) in [6.45, 7) is 1.90. The number of hydrogen-bond donors (Lipinski definition) is 0. The average Bonchev–Trinajstić information content (AvgIpc) is 2.05. The minimum Gasteiger partial charge on any atom is -0.122 e. The molecule has 0 fully saturated rings. The van der Waals surface area contributed by atoms with E-state index in [4.69, 9.17) is 11.6 Å². The van der Waals surface area contributed by atoms with Gasteiger partial charge in [-0.3, -0.25) is 0 Å². The van der Waals surface area contributed by atoms with Crippen molar-refractivity contribution < 1.29 is 0 Å². The van der Waals surface area contributed by atoms with Gasteiger partial charge in [0.1, 0.15) is 0 Å². The molecule has 0 aliphatic rings. The number of halogens is 1. The van der Waals surface area contributed by atoms with E-state index in [9.17, 15) is 0 Å². The maximum absolute atomic E-state index is 5.69. The molecule has 0 nitrogen and oxygen atoms in total. The van der Waals surface area contributed by atoms with Crippen LogP contribution in [-0.2, 0) is 0 Å². The van der Waals surface area contributed by atoms with Crippen molar-refractivity contribution in [1.82, 2.24) is 0 Å². The van der Waals surface area contributed by atoms with Crippen molar-refractivity contribution in [3.05, 3.63) is 41.4 Å². The summed E-state index contributed by atoms with van der Waals surface area (Å²) in [6.07, 6.45) is 2.01. The maximum Gasteiger partial charge on any atom is 0.0175 e. The molecular formula is C10H11ClS. The van der Waals surface area contributed by atoms with E-state index in [1.165, 1.54) is 4.90 Å². The molecule has 0 bridgehead atoms. The van der Waals surface area contributed by atoms with E-state index in [0.29, 0.717) is 0 Å². The summed E-state index contributed by atoms with van der Waals surface area (Å²) in [5, 5.41) is 0.860. The van der Waals surface area contributed by atoms with E-state index in [-0.39, 0.29) is 0 Å². The fraction of sp³-hybridized carbons (Fsp3) is 0.200. The first-order valence-electron chi connectivity index (χ1n) is 3.79. The molecule has 0 saturated carbocycles. The lowest BCUT2D eigenvalue weighted by Crippen LogP contribution is -1.73. The van der Waals surface area contributed by atoms with Crippen LogP contribution in [0.5, 0.6) is 0 Å². The van der Waals surface area contributed by atoms with Gasteiger partial charge in [-0.2, -0.15) is 0 Å². The molecule has 1 aromatic carbocycles. The van der Waals surface area contributed by atoms with Gasteiger partial charge in [0.2, 0.25) is 0 Å². The van der Waals surface area contributed by atoms with Crippen LogP contribution >= 0.6 is 23.4 Å². The van der Waals surface area contributed by atoms with Crippen molar-refractivity contribution >= 4 is 23.4 Å². The number of thioether (sulfide) groups is 1. The Bertz CT molecular complexity index is 250. The second-order valence-corrected chi connectivity index (χ2v) is 4.10. The topological polar surface area (TPSA) is 0 Å². The van der Waals surface area contributed by atoms with Crippen LogP contribution in [0.3, 0.4) is 0 Å². The van der Waals surface area contributed by atoms with Gasteiger partial charge in [0.25, 0.3) is 0 Å². The molecule has 0 atom stereocenters. The highest BCUT2D eigenvalue weighted by atomic mass is 35.5. The third-order valence-electron chi connectivity index (χ3n) is 1.36. The fourth-order valence-corrected chi connectivity index (χ4v) is 1.81. The minimum absolute atomic E-state index is 0.860. The van der Waals surface area contributed by atoms with Gasteiger partial charge < -0.3 is 0 Å².